The molecule has 0 radical (unpaired) electrons. The van der Waals surface area contributed by atoms with Gasteiger partial charge in [-0.2, -0.15) is 0 Å². The van der Waals surface area contributed by atoms with Crippen LogP contribution >= 0.6 is 0 Å². The van der Waals surface area contributed by atoms with E-state index in [1.165, 1.54) is 0 Å². The van der Waals surface area contributed by atoms with Gasteiger partial charge in [0.2, 0.25) is 0 Å². The molecule has 1 aromatic heterocycles. The summed E-state index contributed by atoms with van der Waals surface area (Å²) in [7, 11) is 1.95. The fourth-order valence-corrected chi connectivity index (χ4v) is 2.21. The number of hydrogen-bond donors (Lipinski definition) is 1. The van der Waals surface area contributed by atoms with E-state index >= 15 is 0 Å². The molecule has 0 bridgehead atoms. The first-order valence-corrected chi connectivity index (χ1v) is 5.70. The second-order valence-corrected chi connectivity index (χ2v) is 4.40. The van der Waals surface area contributed by atoms with E-state index < -0.39 is 0 Å². The van der Waals surface area contributed by atoms with Crippen LogP contribution in [0.25, 0.3) is 0 Å². The van der Waals surface area contributed by atoms with Crippen molar-refractivity contribution in [3.8, 4) is 0 Å². The van der Waals surface area contributed by atoms with Gasteiger partial charge in [0.15, 0.2) is 5.76 Å². The summed E-state index contributed by atoms with van der Waals surface area (Å²) in [6.45, 7) is 4.55. The van der Waals surface area contributed by atoms with Crippen LogP contribution in [-0.2, 0) is 0 Å². The third kappa shape index (κ3) is 2.11. The van der Waals surface area contributed by atoms with E-state index in [2.05, 4.69) is 5.32 Å². The van der Waals surface area contributed by atoms with Crippen LogP contribution in [0, 0.1) is 12.8 Å². The Morgan fingerprint density at radius 3 is 3.12 bits per heavy atom. The topological polar surface area (TPSA) is 45.5 Å². The van der Waals surface area contributed by atoms with E-state index in [0.29, 0.717) is 11.7 Å². The highest BCUT2D eigenvalue weighted by atomic mass is 16.3. The Morgan fingerprint density at radius 1 is 1.69 bits per heavy atom. The number of carbonyl (C=O) groups excluding carboxylic acids is 1. The minimum Gasteiger partial charge on any atom is -0.459 e. The summed E-state index contributed by atoms with van der Waals surface area (Å²) < 4.78 is 5.23. The summed E-state index contributed by atoms with van der Waals surface area (Å²) >= 11 is 0. The number of aryl methyl sites for hydroxylation is 1. The van der Waals surface area contributed by atoms with Gasteiger partial charge in [-0.3, -0.25) is 4.79 Å². The summed E-state index contributed by atoms with van der Waals surface area (Å²) in [5.74, 6) is 1.09. The van der Waals surface area contributed by atoms with Gasteiger partial charge in [0.05, 0.1) is 6.26 Å². The third-order valence-electron chi connectivity index (χ3n) is 3.12. The summed E-state index contributed by atoms with van der Waals surface area (Å²) in [6.07, 6.45) is 2.65. The molecule has 1 atom stereocenters. The van der Waals surface area contributed by atoms with Gasteiger partial charge in [0, 0.05) is 18.7 Å². The summed E-state index contributed by atoms with van der Waals surface area (Å²) in [5.41, 5.74) is 0.919. The van der Waals surface area contributed by atoms with Crippen LogP contribution in [0.15, 0.2) is 16.7 Å². The molecule has 1 unspecified atom stereocenters. The summed E-state index contributed by atoms with van der Waals surface area (Å²) in [4.78, 5) is 14.0. The molecule has 1 fully saturated rings. The number of hydrogen-bond acceptors (Lipinski definition) is 3. The molecule has 0 aliphatic carbocycles. The molecule has 16 heavy (non-hydrogen) atoms. The van der Waals surface area contributed by atoms with Crippen LogP contribution in [0.1, 0.15) is 22.5 Å². The Hall–Kier alpha value is -1.29. The number of furan rings is 1. The molecule has 2 heterocycles. The molecule has 2 rings (SSSR count). The molecule has 4 nitrogen and oxygen atoms in total. The first kappa shape index (κ1) is 11.2. The quantitative estimate of drug-likeness (QED) is 0.837. The molecule has 1 aromatic rings. The van der Waals surface area contributed by atoms with E-state index in [4.69, 9.17) is 4.42 Å². The lowest BCUT2D eigenvalue weighted by Crippen LogP contribution is -2.30. The first-order valence-electron chi connectivity index (χ1n) is 5.70. The zero-order valence-electron chi connectivity index (χ0n) is 9.82. The Labute approximate surface area is 95.6 Å². The third-order valence-corrected chi connectivity index (χ3v) is 3.12. The molecule has 0 saturated carbocycles. The molecular formula is C12H18N2O2. The van der Waals surface area contributed by atoms with Crippen molar-refractivity contribution in [3.05, 3.63) is 23.7 Å². The molecule has 1 saturated heterocycles. The van der Waals surface area contributed by atoms with Gasteiger partial charge < -0.3 is 14.6 Å². The van der Waals surface area contributed by atoms with Gasteiger partial charge >= 0.3 is 0 Å². The van der Waals surface area contributed by atoms with Crippen molar-refractivity contribution in [2.45, 2.75) is 13.3 Å². The molecule has 1 aliphatic rings. The number of nitrogens with one attached hydrogen (secondary N) is 1. The molecule has 88 valence electrons. The minimum absolute atomic E-state index is 0.0288. The van der Waals surface area contributed by atoms with Crippen molar-refractivity contribution in [2.24, 2.45) is 5.92 Å². The van der Waals surface area contributed by atoms with Crippen LogP contribution in [0.5, 0.6) is 0 Å². The highest BCUT2D eigenvalue weighted by Gasteiger charge is 2.28. The SMILES string of the molecule is CNCC1CCN(C(=O)c2occc2C)C1. The first-order chi connectivity index (χ1) is 7.72. The minimum atomic E-state index is 0.0288. The van der Waals surface area contributed by atoms with Gasteiger partial charge in [-0.15, -0.1) is 0 Å². The smallest absolute Gasteiger partial charge is 0.289 e. The van der Waals surface area contributed by atoms with Crippen LogP contribution in [0.2, 0.25) is 0 Å². The Bertz CT molecular complexity index is 373. The van der Waals surface area contributed by atoms with Crippen LogP contribution in [0.4, 0.5) is 0 Å². The van der Waals surface area contributed by atoms with E-state index in [0.717, 1.165) is 31.6 Å². The van der Waals surface area contributed by atoms with Crippen molar-refractivity contribution in [3.63, 3.8) is 0 Å². The largest absolute Gasteiger partial charge is 0.459 e. The van der Waals surface area contributed by atoms with Gasteiger partial charge in [0.1, 0.15) is 0 Å². The van der Waals surface area contributed by atoms with Crippen molar-refractivity contribution < 1.29 is 9.21 Å². The van der Waals surface area contributed by atoms with E-state index in [-0.39, 0.29) is 5.91 Å². The predicted octanol–water partition coefficient (Wildman–Crippen LogP) is 1.27. The van der Waals surface area contributed by atoms with Crippen LogP contribution < -0.4 is 5.32 Å². The molecule has 1 N–H and O–H groups in total. The molecule has 0 spiro atoms. The monoisotopic (exact) mass is 222 g/mol. The zero-order chi connectivity index (χ0) is 11.5. The summed E-state index contributed by atoms with van der Waals surface area (Å²) in [6, 6.07) is 1.83. The lowest BCUT2D eigenvalue weighted by molar-refractivity contribution is 0.0754. The molecular weight excluding hydrogens is 204 g/mol. The Balaban J connectivity index is 2.00. The highest BCUT2D eigenvalue weighted by molar-refractivity contribution is 5.93. The average molecular weight is 222 g/mol. The standard InChI is InChI=1S/C12H18N2O2/c1-9-4-6-16-11(9)12(15)14-5-3-10(8-14)7-13-2/h4,6,10,13H,3,5,7-8H2,1-2H3. The van der Waals surface area contributed by atoms with E-state index in [9.17, 15) is 4.79 Å². The van der Waals surface area contributed by atoms with Gasteiger partial charge in [-0.05, 0) is 38.9 Å². The Kier molecular flexibility index (Phi) is 3.29. The van der Waals surface area contributed by atoms with Gasteiger partial charge in [-0.25, -0.2) is 0 Å². The van der Waals surface area contributed by atoms with E-state index in [1.807, 2.05) is 24.9 Å². The number of rotatable bonds is 3. The normalized spacial score (nSPS) is 20.4. The maximum Gasteiger partial charge on any atom is 0.289 e. The zero-order valence-corrected chi connectivity index (χ0v) is 9.82. The van der Waals surface area contributed by atoms with Gasteiger partial charge in [-0.1, -0.05) is 0 Å². The average Bonchev–Trinajstić information content (AvgIpc) is 2.87. The predicted molar refractivity (Wildman–Crippen MR) is 61.4 cm³/mol. The fourth-order valence-electron chi connectivity index (χ4n) is 2.21. The Morgan fingerprint density at radius 2 is 2.50 bits per heavy atom. The molecule has 1 amide bonds. The van der Waals surface area contributed by atoms with Crippen molar-refractivity contribution in [1.29, 1.82) is 0 Å². The van der Waals surface area contributed by atoms with Crippen molar-refractivity contribution >= 4 is 5.91 Å². The summed E-state index contributed by atoms with van der Waals surface area (Å²) in [5, 5.41) is 3.15. The maximum absolute atomic E-state index is 12.1. The fraction of sp³-hybridized carbons (Fsp3) is 0.583. The van der Waals surface area contributed by atoms with Crippen molar-refractivity contribution in [2.75, 3.05) is 26.7 Å². The van der Waals surface area contributed by atoms with Crippen LogP contribution in [0.3, 0.4) is 0 Å². The number of carbonyl (C=O) groups is 1. The number of nitrogens with zero attached hydrogens (tertiary/aromatic N) is 1. The lowest BCUT2D eigenvalue weighted by Gasteiger charge is -2.15. The second-order valence-electron chi connectivity index (χ2n) is 4.40. The number of likely N-dealkylation sites (tertiary alicyclic amines) is 1. The van der Waals surface area contributed by atoms with Gasteiger partial charge in [0.25, 0.3) is 5.91 Å². The highest BCUT2D eigenvalue weighted by Crippen LogP contribution is 2.20. The molecule has 1 aliphatic heterocycles. The second kappa shape index (κ2) is 4.70. The molecule has 4 heteroatoms. The maximum atomic E-state index is 12.1. The van der Waals surface area contributed by atoms with Crippen LogP contribution in [-0.4, -0.2) is 37.5 Å². The number of amides is 1. The van der Waals surface area contributed by atoms with E-state index in [1.54, 1.807) is 6.26 Å². The lowest BCUT2D eigenvalue weighted by atomic mass is 10.1. The van der Waals surface area contributed by atoms with Crippen molar-refractivity contribution in [1.82, 2.24) is 10.2 Å². The molecule has 0 aromatic carbocycles.